The number of hydrogen-bond acceptors (Lipinski definition) is 0. The molecule has 2 rings (SSSR count). The van der Waals surface area contributed by atoms with Gasteiger partial charge in [-0.15, -0.1) is 0 Å². The SMILES string of the molecule is CC1=CC=CC(C)(C2CCCCCC(C)CCC2)C=C1. The van der Waals surface area contributed by atoms with E-state index in [-0.39, 0.29) is 5.41 Å². The topological polar surface area (TPSA) is 0 Å². The van der Waals surface area contributed by atoms with Gasteiger partial charge in [-0.1, -0.05) is 88.3 Å². The minimum atomic E-state index is 0.261. The Kier molecular flexibility index (Phi) is 5.69. The van der Waals surface area contributed by atoms with Crippen LogP contribution >= 0.6 is 0 Å². The summed E-state index contributed by atoms with van der Waals surface area (Å²) in [5.74, 6) is 1.75. The van der Waals surface area contributed by atoms with E-state index in [1.54, 1.807) is 0 Å². The molecule has 0 aromatic heterocycles. The molecule has 0 N–H and O–H groups in total. The third-order valence-corrected chi connectivity index (χ3v) is 5.40. The predicted molar refractivity (Wildman–Crippen MR) is 89.7 cm³/mol. The first-order chi connectivity index (χ1) is 9.60. The average molecular weight is 272 g/mol. The highest BCUT2D eigenvalue weighted by molar-refractivity contribution is 5.30. The second-order valence-corrected chi connectivity index (χ2v) is 7.34. The van der Waals surface area contributed by atoms with E-state index in [0.717, 1.165) is 11.8 Å². The molecule has 0 heteroatoms. The zero-order valence-electron chi connectivity index (χ0n) is 13.7. The van der Waals surface area contributed by atoms with Crippen molar-refractivity contribution in [3.05, 3.63) is 36.0 Å². The van der Waals surface area contributed by atoms with E-state index >= 15 is 0 Å². The summed E-state index contributed by atoms with van der Waals surface area (Å²) in [5.41, 5.74) is 1.63. The lowest BCUT2D eigenvalue weighted by Gasteiger charge is -2.34. The first-order valence-electron chi connectivity index (χ1n) is 8.65. The number of rotatable bonds is 1. The number of allylic oxidation sites excluding steroid dienone is 6. The molecule has 0 aromatic carbocycles. The zero-order chi connectivity index (χ0) is 14.4. The van der Waals surface area contributed by atoms with Gasteiger partial charge in [-0.05, 0) is 31.6 Å². The Morgan fingerprint density at radius 1 is 0.950 bits per heavy atom. The van der Waals surface area contributed by atoms with E-state index in [0.29, 0.717) is 0 Å². The Morgan fingerprint density at radius 3 is 2.50 bits per heavy atom. The molecule has 0 saturated heterocycles. The maximum atomic E-state index is 2.46. The van der Waals surface area contributed by atoms with Crippen LogP contribution in [0, 0.1) is 17.3 Å². The summed E-state index contributed by atoms with van der Waals surface area (Å²) >= 11 is 0. The van der Waals surface area contributed by atoms with Crippen LogP contribution in [0.4, 0.5) is 0 Å². The molecule has 2 aliphatic carbocycles. The van der Waals surface area contributed by atoms with Gasteiger partial charge in [-0.25, -0.2) is 0 Å². The summed E-state index contributed by atoms with van der Waals surface area (Å²) in [4.78, 5) is 0. The molecule has 0 spiro atoms. The van der Waals surface area contributed by atoms with Gasteiger partial charge in [0.2, 0.25) is 0 Å². The van der Waals surface area contributed by atoms with Crippen LogP contribution in [-0.2, 0) is 0 Å². The summed E-state index contributed by atoms with van der Waals surface area (Å²) < 4.78 is 0. The van der Waals surface area contributed by atoms with Crippen LogP contribution in [0.15, 0.2) is 36.0 Å². The van der Waals surface area contributed by atoms with Crippen molar-refractivity contribution >= 4 is 0 Å². The van der Waals surface area contributed by atoms with Gasteiger partial charge in [-0.3, -0.25) is 0 Å². The molecule has 1 fully saturated rings. The quantitative estimate of drug-likeness (QED) is 0.514. The van der Waals surface area contributed by atoms with Gasteiger partial charge < -0.3 is 0 Å². The lowest BCUT2D eigenvalue weighted by atomic mass is 9.71. The third-order valence-electron chi connectivity index (χ3n) is 5.40. The molecule has 0 aromatic rings. The van der Waals surface area contributed by atoms with Gasteiger partial charge in [0.1, 0.15) is 0 Å². The lowest BCUT2D eigenvalue weighted by Crippen LogP contribution is -2.24. The van der Waals surface area contributed by atoms with Crippen molar-refractivity contribution in [3.8, 4) is 0 Å². The van der Waals surface area contributed by atoms with Crippen molar-refractivity contribution in [1.29, 1.82) is 0 Å². The van der Waals surface area contributed by atoms with Crippen LogP contribution in [-0.4, -0.2) is 0 Å². The highest BCUT2D eigenvalue weighted by atomic mass is 14.3. The van der Waals surface area contributed by atoms with Crippen LogP contribution in [0.1, 0.15) is 72.1 Å². The summed E-state index contributed by atoms with van der Waals surface area (Å²) in [5, 5.41) is 0. The molecule has 112 valence electrons. The van der Waals surface area contributed by atoms with Crippen molar-refractivity contribution in [2.24, 2.45) is 17.3 Å². The fourth-order valence-electron chi connectivity index (χ4n) is 3.79. The molecule has 1 saturated carbocycles. The van der Waals surface area contributed by atoms with Crippen molar-refractivity contribution in [1.82, 2.24) is 0 Å². The fraction of sp³-hybridized carbons (Fsp3) is 0.700. The summed E-state index contributed by atoms with van der Waals surface area (Å²) in [6, 6.07) is 0. The van der Waals surface area contributed by atoms with Gasteiger partial charge in [0.15, 0.2) is 0 Å². The normalized spacial score (nSPS) is 36.2. The Morgan fingerprint density at radius 2 is 1.65 bits per heavy atom. The second kappa shape index (κ2) is 7.29. The zero-order valence-corrected chi connectivity index (χ0v) is 13.7. The van der Waals surface area contributed by atoms with Crippen LogP contribution < -0.4 is 0 Å². The smallest absolute Gasteiger partial charge is 0.00672 e. The molecule has 0 heterocycles. The first-order valence-corrected chi connectivity index (χ1v) is 8.65. The molecule has 0 amide bonds. The van der Waals surface area contributed by atoms with Crippen LogP contribution in [0.2, 0.25) is 0 Å². The van der Waals surface area contributed by atoms with Crippen molar-refractivity contribution in [2.45, 2.75) is 72.1 Å². The van der Waals surface area contributed by atoms with Crippen LogP contribution in [0.5, 0.6) is 0 Å². The molecule has 0 bridgehead atoms. The second-order valence-electron chi connectivity index (χ2n) is 7.34. The third kappa shape index (κ3) is 4.36. The van der Waals surface area contributed by atoms with Gasteiger partial charge in [0, 0.05) is 5.41 Å². The Hall–Kier alpha value is -0.780. The first kappa shape index (κ1) is 15.6. The number of hydrogen-bond donors (Lipinski definition) is 0. The largest absolute Gasteiger partial charge is 0.0745 e. The molecule has 20 heavy (non-hydrogen) atoms. The minimum Gasteiger partial charge on any atom is -0.0745 e. The highest BCUT2D eigenvalue weighted by Gasteiger charge is 2.29. The van der Waals surface area contributed by atoms with E-state index in [1.165, 1.54) is 56.9 Å². The molecular formula is C20H32. The van der Waals surface area contributed by atoms with E-state index in [9.17, 15) is 0 Å². The van der Waals surface area contributed by atoms with Crippen LogP contribution in [0.3, 0.4) is 0 Å². The molecule has 0 aliphatic heterocycles. The van der Waals surface area contributed by atoms with E-state index in [1.807, 2.05) is 0 Å². The molecule has 2 aliphatic rings. The average Bonchev–Trinajstić information content (AvgIpc) is 2.60. The summed E-state index contributed by atoms with van der Waals surface area (Å²) in [6.07, 6.45) is 23.1. The van der Waals surface area contributed by atoms with E-state index < -0.39 is 0 Å². The van der Waals surface area contributed by atoms with Crippen molar-refractivity contribution in [2.75, 3.05) is 0 Å². The van der Waals surface area contributed by atoms with E-state index in [4.69, 9.17) is 0 Å². The molecule has 0 radical (unpaired) electrons. The Balaban J connectivity index is 2.06. The standard InChI is InChI=1S/C20H32/c1-17-9-5-4-6-12-19(13-7-10-17)20(3)15-8-11-18(2)14-16-20/h8,11,14-17,19H,4-7,9-10,12-13H2,1-3H3. The van der Waals surface area contributed by atoms with Gasteiger partial charge in [0.05, 0.1) is 0 Å². The monoisotopic (exact) mass is 272 g/mol. The minimum absolute atomic E-state index is 0.261. The Labute approximate surface area is 126 Å². The fourth-order valence-corrected chi connectivity index (χ4v) is 3.79. The molecule has 3 atom stereocenters. The lowest BCUT2D eigenvalue weighted by molar-refractivity contribution is 0.252. The summed E-state index contributed by atoms with van der Waals surface area (Å²) in [7, 11) is 0. The van der Waals surface area contributed by atoms with Crippen LogP contribution in [0.25, 0.3) is 0 Å². The van der Waals surface area contributed by atoms with Crippen molar-refractivity contribution < 1.29 is 0 Å². The van der Waals surface area contributed by atoms with E-state index in [2.05, 4.69) is 51.2 Å². The maximum Gasteiger partial charge on any atom is 0.00672 e. The Bertz CT molecular complexity index is 385. The highest BCUT2D eigenvalue weighted by Crippen LogP contribution is 2.40. The van der Waals surface area contributed by atoms with Gasteiger partial charge in [-0.2, -0.15) is 0 Å². The van der Waals surface area contributed by atoms with Gasteiger partial charge >= 0.3 is 0 Å². The molecular weight excluding hydrogens is 240 g/mol. The maximum absolute atomic E-state index is 2.46. The predicted octanol–water partition coefficient (Wildman–Crippen LogP) is 6.45. The van der Waals surface area contributed by atoms with Crippen molar-refractivity contribution in [3.63, 3.8) is 0 Å². The summed E-state index contributed by atoms with van der Waals surface area (Å²) in [6.45, 7) is 7.07. The van der Waals surface area contributed by atoms with Gasteiger partial charge in [0.25, 0.3) is 0 Å². The molecule has 0 nitrogen and oxygen atoms in total. The molecule has 3 unspecified atom stereocenters.